The SMILES string of the molecule is CC1Cn2c(=O)c(C(=O)O)cc3cccc(c32)O1.Cl. The van der Waals surface area contributed by atoms with E-state index in [2.05, 4.69) is 0 Å². The summed E-state index contributed by atoms with van der Waals surface area (Å²) in [4.78, 5) is 23.2. The third kappa shape index (κ3) is 1.96. The number of para-hydroxylation sites is 1. The number of hydrogen-bond acceptors (Lipinski definition) is 3. The Morgan fingerprint density at radius 3 is 2.89 bits per heavy atom. The number of pyridine rings is 1. The van der Waals surface area contributed by atoms with Gasteiger partial charge in [-0.25, -0.2) is 4.79 Å². The summed E-state index contributed by atoms with van der Waals surface area (Å²) < 4.78 is 7.14. The zero-order valence-electron chi connectivity index (χ0n) is 10.1. The Morgan fingerprint density at radius 1 is 1.47 bits per heavy atom. The maximum Gasteiger partial charge on any atom is 0.341 e. The van der Waals surface area contributed by atoms with Crippen LogP contribution in [0.4, 0.5) is 0 Å². The largest absolute Gasteiger partial charge is 0.487 e. The van der Waals surface area contributed by atoms with Crippen molar-refractivity contribution in [3.05, 3.63) is 40.2 Å². The van der Waals surface area contributed by atoms with E-state index in [1.54, 1.807) is 18.2 Å². The molecule has 3 rings (SSSR count). The highest BCUT2D eigenvalue weighted by atomic mass is 35.5. The van der Waals surface area contributed by atoms with Crippen molar-refractivity contribution in [2.75, 3.05) is 0 Å². The number of aromatic carboxylic acids is 1. The van der Waals surface area contributed by atoms with E-state index in [1.807, 2.05) is 6.92 Å². The summed E-state index contributed by atoms with van der Waals surface area (Å²) in [6, 6.07) is 6.75. The zero-order chi connectivity index (χ0) is 12.9. The maximum atomic E-state index is 12.1. The predicted molar refractivity (Wildman–Crippen MR) is 72.5 cm³/mol. The van der Waals surface area contributed by atoms with E-state index in [-0.39, 0.29) is 24.1 Å². The van der Waals surface area contributed by atoms with Gasteiger partial charge in [0.05, 0.1) is 12.1 Å². The minimum Gasteiger partial charge on any atom is -0.487 e. The highest BCUT2D eigenvalue weighted by Gasteiger charge is 2.22. The summed E-state index contributed by atoms with van der Waals surface area (Å²) in [7, 11) is 0. The molecule has 2 heterocycles. The van der Waals surface area contributed by atoms with Crippen LogP contribution >= 0.6 is 12.4 Å². The molecule has 1 aromatic heterocycles. The van der Waals surface area contributed by atoms with E-state index in [9.17, 15) is 9.59 Å². The second-order valence-electron chi connectivity index (χ2n) is 4.40. The van der Waals surface area contributed by atoms with E-state index in [0.717, 1.165) is 0 Å². The van der Waals surface area contributed by atoms with Crippen LogP contribution in [0.2, 0.25) is 0 Å². The summed E-state index contributed by atoms with van der Waals surface area (Å²) in [5.74, 6) is -0.574. The van der Waals surface area contributed by atoms with Crippen LogP contribution in [-0.4, -0.2) is 21.7 Å². The minimum atomic E-state index is -1.20. The molecular formula is C13H12ClNO4. The Balaban J connectivity index is 0.00000133. The van der Waals surface area contributed by atoms with Crippen molar-refractivity contribution in [2.24, 2.45) is 0 Å². The molecule has 0 spiro atoms. The Kier molecular flexibility index (Phi) is 3.24. The number of benzene rings is 1. The number of halogens is 1. The Hall–Kier alpha value is -2.01. The number of ether oxygens (including phenoxy) is 1. The van der Waals surface area contributed by atoms with Crippen LogP contribution in [0.1, 0.15) is 17.3 Å². The van der Waals surface area contributed by atoms with E-state index < -0.39 is 11.5 Å². The van der Waals surface area contributed by atoms with Crippen molar-refractivity contribution in [2.45, 2.75) is 19.6 Å². The summed E-state index contributed by atoms with van der Waals surface area (Å²) in [6.45, 7) is 2.22. The lowest BCUT2D eigenvalue weighted by Gasteiger charge is -2.25. The van der Waals surface area contributed by atoms with Gasteiger partial charge < -0.3 is 14.4 Å². The second kappa shape index (κ2) is 4.59. The van der Waals surface area contributed by atoms with Crippen LogP contribution in [0, 0.1) is 0 Å². The fraction of sp³-hybridized carbons (Fsp3) is 0.231. The number of carbonyl (C=O) groups is 1. The molecule has 0 aliphatic carbocycles. The predicted octanol–water partition coefficient (Wildman–Crippen LogP) is 1.90. The lowest BCUT2D eigenvalue weighted by Crippen LogP contribution is -2.35. The molecule has 6 heteroatoms. The van der Waals surface area contributed by atoms with Crippen molar-refractivity contribution in [1.29, 1.82) is 0 Å². The number of hydrogen-bond donors (Lipinski definition) is 1. The van der Waals surface area contributed by atoms with E-state index in [4.69, 9.17) is 9.84 Å². The average Bonchev–Trinajstić information content (AvgIpc) is 2.32. The molecule has 1 N–H and O–H groups in total. The fourth-order valence-corrected chi connectivity index (χ4v) is 2.34. The molecular weight excluding hydrogens is 270 g/mol. The first-order valence-electron chi connectivity index (χ1n) is 5.64. The molecule has 0 saturated carbocycles. The van der Waals surface area contributed by atoms with Gasteiger partial charge in [0, 0.05) is 5.39 Å². The van der Waals surface area contributed by atoms with Gasteiger partial charge in [-0.2, -0.15) is 0 Å². The van der Waals surface area contributed by atoms with Crippen LogP contribution in [-0.2, 0) is 6.54 Å². The number of nitrogens with zero attached hydrogens (tertiary/aromatic N) is 1. The summed E-state index contributed by atoms with van der Waals surface area (Å²) in [6.07, 6.45) is -0.148. The molecule has 0 saturated heterocycles. The van der Waals surface area contributed by atoms with Gasteiger partial charge in [-0.15, -0.1) is 12.4 Å². The maximum absolute atomic E-state index is 12.1. The summed E-state index contributed by atoms with van der Waals surface area (Å²) in [5, 5.41) is 9.76. The van der Waals surface area contributed by atoms with Gasteiger partial charge >= 0.3 is 5.97 Å². The average molecular weight is 282 g/mol. The Labute approximate surface area is 114 Å². The first-order chi connectivity index (χ1) is 8.58. The van der Waals surface area contributed by atoms with Crippen molar-refractivity contribution in [1.82, 2.24) is 4.57 Å². The van der Waals surface area contributed by atoms with Crippen LogP contribution in [0.5, 0.6) is 5.75 Å². The Bertz CT molecular complexity index is 722. The lowest BCUT2D eigenvalue weighted by atomic mass is 10.1. The number of carboxylic acid groups (broad SMARTS) is 1. The normalized spacial score (nSPS) is 16.6. The van der Waals surface area contributed by atoms with Crippen LogP contribution in [0.15, 0.2) is 29.1 Å². The molecule has 1 aliphatic rings. The third-order valence-corrected chi connectivity index (χ3v) is 3.07. The molecule has 0 radical (unpaired) electrons. The molecule has 2 aromatic rings. The van der Waals surface area contributed by atoms with Gasteiger partial charge in [0.15, 0.2) is 0 Å². The standard InChI is InChI=1S/C13H11NO4.ClH/c1-7-6-14-11-8(3-2-4-10(11)18-7)5-9(12(14)15)13(16)17;/h2-5,7H,6H2,1H3,(H,16,17);1H. The fourth-order valence-electron chi connectivity index (χ4n) is 2.34. The quantitative estimate of drug-likeness (QED) is 0.867. The first-order valence-corrected chi connectivity index (χ1v) is 5.64. The van der Waals surface area contributed by atoms with Gasteiger partial charge in [0.25, 0.3) is 5.56 Å². The topological polar surface area (TPSA) is 68.5 Å². The van der Waals surface area contributed by atoms with Crippen LogP contribution < -0.4 is 10.3 Å². The number of carboxylic acids is 1. The van der Waals surface area contributed by atoms with Gasteiger partial charge in [-0.3, -0.25) is 4.79 Å². The Morgan fingerprint density at radius 2 is 2.21 bits per heavy atom. The van der Waals surface area contributed by atoms with Gasteiger partial charge in [-0.1, -0.05) is 12.1 Å². The number of aromatic nitrogens is 1. The van der Waals surface area contributed by atoms with Crippen molar-refractivity contribution in [3.8, 4) is 5.75 Å². The summed E-state index contributed by atoms with van der Waals surface area (Å²) >= 11 is 0. The molecule has 5 nitrogen and oxygen atoms in total. The van der Waals surface area contributed by atoms with Crippen molar-refractivity contribution >= 4 is 29.3 Å². The van der Waals surface area contributed by atoms with Crippen molar-refractivity contribution in [3.63, 3.8) is 0 Å². The molecule has 19 heavy (non-hydrogen) atoms. The van der Waals surface area contributed by atoms with Gasteiger partial charge in [-0.05, 0) is 19.1 Å². The van der Waals surface area contributed by atoms with Crippen LogP contribution in [0.3, 0.4) is 0 Å². The molecule has 1 unspecified atom stereocenters. The van der Waals surface area contributed by atoms with Crippen molar-refractivity contribution < 1.29 is 14.6 Å². The molecule has 100 valence electrons. The van der Waals surface area contributed by atoms with Gasteiger partial charge in [0.1, 0.15) is 17.4 Å². The molecule has 0 amide bonds. The molecule has 0 bridgehead atoms. The molecule has 1 atom stereocenters. The third-order valence-electron chi connectivity index (χ3n) is 3.07. The van der Waals surface area contributed by atoms with E-state index in [0.29, 0.717) is 23.2 Å². The molecule has 1 aromatic carbocycles. The van der Waals surface area contributed by atoms with E-state index in [1.165, 1.54) is 10.6 Å². The second-order valence-corrected chi connectivity index (χ2v) is 4.40. The molecule has 0 fully saturated rings. The zero-order valence-corrected chi connectivity index (χ0v) is 10.9. The smallest absolute Gasteiger partial charge is 0.341 e. The lowest BCUT2D eigenvalue weighted by molar-refractivity contribution is 0.0693. The van der Waals surface area contributed by atoms with Crippen LogP contribution in [0.25, 0.3) is 10.9 Å². The van der Waals surface area contributed by atoms with E-state index >= 15 is 0 Å². The van der Waals surface area contributed by atoms with Gasteiger partial charge in [0.2, 0.25) is 0 Å². The first kappa shape index (κ1) is 13.4. The number of rotatable bonds is 1. The summed E-state index contributed by atoms with van der Waals surface area (Å²) in [5.41, 5.74) is -0.00282. The minimum absolute atomic E-state index is 0. The monoisotopic (exact) mass is 281 g/mol. The highest BCUT2D eigenvalue weighted by Crippen LogP contribution is 2.29. The highest BCUT2D eigenvalue weighted by molar-refractivity contribution is 5.94. The molecule has 1 aliphatic heterocycles.